The normalized spacial score (nSPS) is 9.74. The van der Waals surface area contributed by atoms with Crippen molar-refractivity contribution in [3.63, 3.8) is 0 Å². The van der Waals surface area contributed by atoms with Crippen LogP contribution in [0.3, 0.4) is 0 Å². The van der Waals surface area contributed by atoms with Gasteiger partial charge >= 0.3 is 5.97 Å². The summed E-state index contributed by atoms with van der Waals surface area (Å²) in [5, 5.41) is 9.00. The maximum Gasteiger partial charge on any atom is 0.325 e. The average Bonchev–Trinajstić information content (AvgIpc) is 2.43. The Balaban J connectivity index is 2.89. The van der Waals surface area contributed by atoms with Crippen molar-refractivity contribution in [3.8, 4) is 6.07 Å². The molecule has 102 valence electrons. The minimum absolute atomic E-state index is 0.00454. The van der Waals surface area contributed by atoms with E-state index in [2.05, 4.69) is 9.97 Å². The van der Waals surface area contributed by atoms with Crippen LogP contribution >= 0.6 is 0 Å². The second-order valence-electron chi connectivity index (χ2n) is 3.56. The molecule has 7 heteroatoms. The molecule has 0 amide bonds. The summed E-state index contributed by atoms with van der Waals surface area (Å²) in [5.41, 5.74) is 0.169. The minimum Gasteiger partial charge on any atom is -0.465 e. The van der Waals surface area contributed by atoms with Crippen molar-refractivity contribution in [2.75, 3.05) is 38.3 Å². The molecule has 1 rings (SSSR count). The van der Waals surface area contributed by atoms with E-state index in [0.29, 0.717) is 25.6 Å². The number of nitriles is 1. The molecule has 0 radical (unpaired) electrons. The zero-order valence-corrected chi connectivity index (χ0v) is 11.0. The highest BCUT2D eigenvalue weighted by Gasteiger charge is 2.17. The Morgan fingerprint density at radius 2 is 2.21 bits per heavy atom. The molecule has 0 aliphatic heterocycles. The monoisotopic (exact) mass is 264 g/mol. The molecule has 0 saturated carbocycles. The van der Waals surface area contributed by atoms with Gasteiger partial charge in [0.1, 0.15) is 12.6 Å². The Kier molecular flexibility index (Phi) is 6.26. The minimum atomic E-state index is -0.381. The summed E-state index contributed by atoms with van der Waals surface area (Å²) in [6, 6.07) is 1.95. The predicted molar refractivity (Wildman–Crippen MR) is 67.5 cm³/mol. The standard InChI is InChI=1S/C12H16N4O3/c1-3-19-11(17)9-16(6-7-18-2)12-10(8-13)14-4-5-15-12/h4-5H,3,6-7,9H2,1-2H3. The number of rotatable bonds is 7. The number of carbonyl (C=O) groups excluding carboxylic acids is 1. The van der Waals surface area contributed by atoms with Gasteiger partial charge in [0.25, 0.3) is 0 Å². The molecule has 0 aromatic carbocycles. The van der Waals surface area contributed by atoms with Crippen LogP contribution in [0.2, 0.25) is 0 Å². The Bertz CT molecular complexity index is 459. The van der Waals surface area contributed by atoms with E-state index in [9.17, 15) is 4.79 Å². The quantitative estimate of drug-likeness (QED) is 0.657. The van der Waals surface area contributed by atoms with Crippen LogP contribution in [-0.2, 0) is 14.3 Å². The van der Waals surface area contributed by atoms with Crippen LogP contribution in [0.25, 0.3) is 0 Å². The first-order valence-corrected chi connectivity index (χ1v) is 5.83. The van der Waals surface area contributed by atoms with Gasteiger partial charge in [-0.1, -0.05) is 0 Å². The van der Waals surface area contributed by atoms with Gasteiger partial charge in [0.15, 0.2) is 11.5 Å². The van der Waals surface area contributed by atoms with Gasteiger partial charge in [0.05, 0.1) is 13.2 Å². The second-order valence-corrected chi connectivity index (χ2v) is 3.56. The summed E-state index contributed by atoms with van der Waals surface area (Å²) in [5.74, 6) is -0.0248. The van der Waals surface area contributed by atoms with Crippen LogP contribution in [0.1, 0.15) is 12.6 Å². The summed E-state index contributed by atoms with van der Waals surface area (Å²) in [6.45, 7) is 2.87. The van der Waals surface area contributed by atoms with Crippen molar-refractivity contribution in [2.24, 2.45) is 0 Å². The molecule has 0 saturated heterocycles. The topological polar surface area (TPSA) is 88.3 Å². The highest BCUT2D eigenvalue weighted by atomic mass is 16.5. The number of hydrogen-bond acceptors (Lipinski definition) is 7. The third-order valence-electron chi connectivity index (χ3n) is 2.27. The van der Waals surface area contributed by atoms with E-state index in [0.717, 1.165) is 0 Å². The molecule has 19 heavy (non-hydrogen) atoms. The van der Waals surface area contributed by atoms with E-state index in [1.165, 1.54) is 12.4 Å². The molecule has 1 heterocycles. The number of hydrogen-bond donors (Lipinski definition) is 0. The van der Waals surface area contributed by atoms with Gasteiger partial charge in [0, 0.05) is 26.0 Å². The van der Waals surface area contributed by atoms with Gasteiger partial charge in [0.2, 0.25) is 0 Å². The van der Waals surface area contributed by atoms with E-state index < -0.39 is 0 Å². The van der Waals surface area contributed by atoms with Gasteiger partial charge in [-0.3, -0.25) is 4.79 Å². The highest BCUT2D eigenvalue weighted by molar-refractivity contribution is 5.75. The number of esters is 1. The smallest absolute Gasteiger partial charge is 0.325 e. The van der Waals surface area contributed by atoms with Gasteiger partial charge in [-0.05, 0) is 6.92 Å². The molecule has 1 aromatic heterocycles. The van der Waals surface area contributed by atoms with Crippen molar-refractivity contribution in [1.29, 1.82) is 5.26 Å². The summed E-state index contributed by atoms with van der Waals surface area (Å²) in [6.07, 6.45) is 2.90. The lowest BCUT2D eigenvalue weighted by Gasteiger charge is -2.22. The van der Waals surface area contributed by atoms with Gasteiger partial charge in [-0.15, -0.1) is 0 Å². The van der Waals surface area contributed by atoms with Gasteiger partial charge in [-0.2, -0.15) is 5.26 Å². The van der Waals surface area contributed by atoms with E-state index in [-0.39, 0.29) is 18.2 Å². The lowest BCUT2D eigenvalue weighted by Crippen LogP contribution is -2.35. The Labute approximate surface area is 111 Å². The fourth-order valence-electron chi connectivity index (χ4n) is 1.46. The molecular weight excluding hydrogens is 248 g/mol. The Hall–Kier alpha value is -2.20. The first-order valence-electron chi connectivity index (χ1n) is 5.83. The first-order chi connectivity index (χ1) is 9.22. The van der Waals surface area contributed by atoms with E-state index in [1.54, 1.807) is 18.9 Å². The molecule has 0 atom stereocenters. The maximum atomic E-state index is 11.6. The van der Waals surface area contributed by atoms with Gasteiger partial charge < -0.3 is 14.4 Å². The van der Waals surface area contributed by atoms with Gasteiger partial charge in [-0.25, -0.2) is 9.97 Å². The van der Waals surface area contributed by atoms with Crippen molar-refractivity contribution < 1.29 is 14.3 Å². The summed E-state index contributed by atoms with van der Waals surface area (Å²) >= 11 is 0. The predicted octanol–water partition coefficient (Wildman–Crippen LogP) is 0.364. The van der Waals surface area contributed by atoms with Crippen molar-refractivity contribution in [3.05, 3.63) is 18.1 Å². The molecule has 0 fully saturated rings. The van der Waals surface area contributed by atoms with Crippen molar-refractivity contribution >= 4 is 11.8 Å². The first kappa shape index (κ1) is 14.9. The summed E-state index contributed by atoms with van der Waals surface area (Å²) in [7, 11) is 1.56. The summed E-state index contributed by atoms with van der Waals surface area (Å²) < 4.78 is 9.88. The molecule has 0 aliphatic rings. The number of nitrogens with zero attached hydrogens (tertiary/aromatic N) is 4. The third-order valence-corrected chi connectivity index (χ3v) is 2.27. The van der Waals surface area contributed by atoms with Crippen molar-refractivity contribution in [2.45, 2.75) is 6.92 Å². The molecule has 0 spiro atoms. The lowest BCUT2D eigenvalue weighted by atomic mass is 10.3. The number of aromatic nitrogens is 2. The fourth-order valence-corrected chi connectivity index (χ4v) is 1.46. The molecule has 0 N–H and O–H groups in total. The van der Waals surface area contributed by atoms with Crippen molar-refractivity contribution in [1.82, 2.24) is 9.97 Å². The third kappa shape index (κ3) is 4.52. The average molecular weight is 264 g/mol. The molecule has 7 nitrogen and oxygen atoms in total. The molecular formula is C12H16N4O3. The maximum absolute atomic E-state index is 11.6. The van der Waals surface area contributed by atoms with Crippen LogP contribution in [0.15, 0.2) is 12.4 Å². The van der Waals surface area contributed by atoms with Crippen LogP contribution in [0.5, 0.6) is 0 Å². The Morgan fingerprint density at radius 1 is 1.47 bits per heavy atom. The zero-order valence-electron chi connectivity index (χ0n) is 11.0. The second kappa shape index (κ2) is 8.00. The van der Waals surface area contributed by atoms with E-state index in [4.69, 9.17) is 14.7 Å². The SMILES string of the molecule is CCOC(=O)CN(CCOC)c1nccnc1C#N. The fraction of sp³-hybridized carbons (Fsp3) is 0.500. The van der Waals surface area contributed by atoms with E-state index in [1.807, 2.05) is 6.07 Å². The highest BCUT2D eigenvalue weighted by Crippen LogP contribution is 2.13. The number of ether oxygens (including phenoxy) is 2. The largest absolute Gasteiger partial charge is 0.465 e. The number of anilines is 1. The molecule has 0 unspecified atom stereocenters. The number of carbonyl (C=O) groups is 1. The van der Waals surface area contributed by atoms with Crippen LogP contribution in [0.4, 0.5) is 5.82 Å². The summed E-state index contributed by atoms with van der Waals surface area (Å²) in [4.78, 5) is 21.2. The molecule has 0 bridgehead atoms. The molecule has 1 aromatic rings. The molecule has 0 aliphatic carbocycles. The lowest BCUT2D eigenvalue weighted by molar-refractivity contribution is -0.141. The number of methoxy groups -OCH3 is 1. The van der Waals surface area contributed by atoms with Crippen LogP contribution in [0, 0.1) is 11.3 Å². The zero-order chi connectivity index (χ0) is 14.1. The van der Waals surface area contributed by atoms with Crippen LogP contribution < -0.4 is 4.90 Å². The van der Waals surface area contributed by atoms with Crippen LogP contribution in [-0.4, -0.2) is 49.4 Å². The van der Waals surface area contributed by atoms with E-state index >= 15 is 0 Å². The Morgan fingerprint density at radius 3 is 2.84 bits per heavy atom.